The van der Waals surface area contributed by atoms with E-state index in [0.717, 1.165) is 42.0 Å². The van der Waals surface area contributed by atoms with E-state index < -0.39 is 41.2 Å². The summed E-state index contributed by atoms with van der Waals surface area (Å²) in [7, 11) is 3.73. The number of allylic oxidation sites excluding steroid dienone is 4. The number of benzene rings is 3. The quantitative estimate of drug-likeness (QED) is 0.0255. The minimum atomic E-state index is -1.03. The summed E-state index contributed by atoms with van der Waals surface area (Å²) in [6, 6.07) is 43.7. The van der Waals surface area contributed by atoms with Crippen LogP contribution in [0.1, 0.15) is 84.0 Å². The van der Waals surface area contributed by atoms with E-state index in [-0.39, 0.29) is 85.9 Å². The molecule has 1 atom stereocenters. The van der Waals surface area contributed by atoms with E-state index in [1.807, 2.05) is 139 Å². The topological polar surface area (TPSA) is 282 Å². The van der Waals surface area contributed by atoms with Gasteiger partial charge < -0.3 is 43.0 Å². The number of nitriles is 6. The zero-order valence-electron chi connectivity index (χ0n) is 51.5. The van der Waals surface area contributed by atoms with Gasteiger partial charge in [-0.25, -0.2) is 0 Å². The molecular formula is C71H64N8O11S2. The first kappa shape index (κ1) is 68.3. The summed E-state index contributed by atoms with van der Waals surface area (Å²) in [5.74, 6) is -2.15. The number of carbonyl (C=O) groups excluding carboxylic acids is 4. The molecule has 5 aromatic rings. The van der Waals surface area contributed by atoms with Crippen LogP contribution < -0.4 is 14.5 Å². The van der Waals surface area contributed by atoms with Crippen LogP contribution in [0.5, 0.6) is 5.75 Å². The van der Waals surface area contributed by atoms with Crippen LogP contribution in [0.25, 0.3) is 36.5 Å². The number of likely N-dealkylation sites (N-methyl/N-ethyl adjacent to an activating group) is 2. The summed E-state index contributed by atoms with van der Waals surface area (Å²) < 4.78 is 39.3. The highest BCUT2D eigenvalue weighted by Gasteiger charge is 2.40. The highest BCUT2D eigenvalue weighted by Crippen LogP contribution is 2.42. The van der Waals surface area contributed by atoms with E-state index in [1.54, 1.807) is 111 Å². The van der Waals surface area contributed by atoms with Gasteiger partial charge in [0.1, 0.15) is 90.9 Å². The lowest BCUT2D eigenvalue weighted by Crippen LogP contribution is -2.31. The van der Waals surface area contributed by atoms with E-state index >= 15 is 0 Å². The number of anilines is 2. The molecule has 19 nitrogen and oxygen atoms in total. The molecule has 0 N–H and O–H groups in total. The monoisotopic (exact) mass is 1270 g/mol. The lowest BCUT2D eigenvalue weighted by molar-refractivity contribution is -0.162. The first-order chi connectivity index (χ1) is 44.3. The van der Waals surface area contributed by atoms with E-state index in [2.05, 4.69) is 12.1 Å². The van der Waals surface area contributed by atoms with Crippen LogP contribution in [0.4, 0.5) is 11.4 Å². The maximum absolute atomic E-state index is 13.0. The number of hydrogen-bond donors (Lipinski definition) is 0. The van der Waals surface area contributed by atoms with Gasteiger partial charge in [0.25, 0.3) is 0 Å². The summed E-state index contributed by atoms with van der Waals surface area (Å²) in [6.45, 7) is 7.47. The van der Waals surface area contributed by atoms with Crippen molar-refractivity contribution in [3.8, 4) is 42.2 Å². The molecule has 3 aromatic carbocycles. The largest absolute Gasteiger partial charge is 0.490 e. The molecule has 21 heteroatoms. The molecular weight excluding hydrogens is 1200 g/mol. The Hall–Kier alpha value is -11.2. The molecule has 0 bridgehead atoms. The summed E-state index contributed by atoms with van der Waals surface area (Å²) in [5, 5.41) is 57.1. The normalized spacial score (nSPS) is 14.1. The SMILES string of the molecule is CN(CCOC(=O)CCC(=O)OCC(COc1ccccc1)OC(=O)CCC(=O)OCCN(C)c1ccc(/C=C/c2ccc(/C=C/C3=C(C#N)C(=C(C#N)C#N)OC3(C)C)s2)cc1)c1ccc(/C=C/c2ccc(/C=C/C3=C(C#N)C(=C(C#N)C#N)OC3(C)C)s2)cc1. The van der Waals surface area contributed by atoms with Crippen LogP contribution in [0, 0.1) is 68.0 Å². The number of para-hydroxylation sites is 1. The van der Waals surface area contributed by atoms with E-state index in [1.165, 1.54) is 0 Å². The minimum Gasteiger partial charge on any atom is -0.490 e. The number of rotatable bonds is 28. The van der Waals surface area contributed by atoms with Crippen molar-refractivity contribution in [2.45, 2.75) is 70.7 Å². The third-order valence-corrected chi connectivity index (χ3v) is 16.2. The number of carbonyl (C=O) groups is 4. The maximum atomic E-state index is 13.0. The van der Waals surface area contributed by atoms with Gasteiger partial charge in [-0.05, 0) is 124 Å². The smallest absolute Gasteiger partial charge is 0.306 e. The van der Waals surface area contributed by atoms with Gasteiger partial charge >= 0.3 is 23.9 Å². The van der Waals surface area contributed by atoms with Gasteiger partial charge in [-0.3, -0.25) is 19.2 Å². The molecule has 0 spiro atoms. The molecule has 466 valence electrons. The van der Waals surface area contributed by atoms with E-state index in [9.17, 15) is 50.7 Å². The standard InChI is InChI=1S/C71H64N8O11S2/c1-70(2)62(60(44-76)68(89-70)50(40-72)41-73)30-28-58-26-24-56(91-58)22-16-48-12-18-52(19-13-48)78(5)36-38-84-64(80)32-33-66(82)87-47-55(46-86-54-10-8-7-9-11-54)88-67(83)35-34-65(81)85-39-37-79(6)53-20-14-49(15-21-53)17-23-57-25-27-59(92-57)29-31-63-61(45-77)69(51(42-74)43-75)90-71(63,3)4/h7-31,55H,32-39,46-47H2,1-6H3/b22-16+,23-17+,30-28+,31-29+. The van der Waals surface area contributed by atoms with Crippen LogP contribution in [0.3, 0.4) is 0 Å². The Morgan fingerprint density at radius 2 is 0.870 bits per heavy atom. The second kappa shape index (κ2) is 32.9. The summed E-state index contributed by atoms with van der Waals surface area (Å²) in [6.07, 6.45) is 13.2. The third-order valence-electron chi connectivity index (χ3n) is 14.2. The lowest BCUT2D eigenvalue weighted by Gasteiger charge is -2.20. The third kappa shape index (κ3) is 19.4. The lowest BCUT2D eigenvalue weighted by atomic mass is 9.94. The predicted octanol–water partition coefficient (Wildman–Crippen LogP) is 12.8. The molecule has 0 radical (unpaired) electrons. The number of esters is 4. The van der Waals surface area contributed by atoms with Gasteiger partial charge in [-0.15, -0.1) is 22.7 Å². The fraction of sp³-hybridized carbons (Fsp3) is 0.268. The molecule has 2 aliphatic rings. The average Bonchev–Trinajstić information content (AvgIpc) is 1.65. The van der Waals surface area contributed by atoms with Gasteiger partial charge in [0.15, 0.2) is 28.8 Å². The molecule has 1 unspecified atom stereocenters. The molecule has 0 saturated heterocycles. The number of ether oxygens (including phenoxy) is 7. The zero-order chi connectivity index (χ0) is 66.2. The van der Waals surface area contributed by atoms with Crippen molar-refractivity contribution in [2.75, 3.05) is 63.4 Å². The van der Waals surface area contributed by atoms with Crippen molar-refractivity contribution >= 4 is 94.4 Å². The fourth-order valence-corrected chi connectivity index (χ4v) is 10.8. The Morgan fingerprint density at radius 3 is 1.26 bits per heavy atom. The van der Waals surface area contributed by atoms with Crippen LogP contribution in [-0.4, -0.2) is 94.8 Å². The molecule has 2 aromatic heterocycles. The second-order valence-electron chi connectivity index (χ2n) is 21.6. The van der Waals surface area contributed by atoms with Crippen molar-refractivity contribution in [1.82, 2.24) is 0 Å². The Morgan fingerprint density at radius 1 is 0.489 bits per heavy atom. The molecule has 0 fully saturated rings. The van der Waals surface area contributed by atoms with Crippen molar-refractivity contribution in [3.05, 3.63) is 191 Å². The first-order valence-electron chi connectivity index (χ1n) is 28.9. The molecule has 4 heterocycles. The van der Waals surface area contributed by atoms with Gasteiger partial charge in [0.05, 0.1) is 38.8 Å². The van der Waals surface area contributed by atoms with Crippen molar-refractivity contribution in [3.63, 3.8) is 0 Å². The Labute approximate surface area is 542 Å². The van der Waals surface area contributed by atoms with E-state index in [0.29, 0.717) is 30.0 Å². The van der Waals surface area contributed by atoms with Crippen LogP contribution >= 0.6 is 22.7 Å². The van der Waals surface area contributed by atoms with Gasteiger partial charge in [-0.1, -0.05) is 66.8 Å². The average molecular weight is 1270 g/mol. The molecule has 0 amide bonds. The number of hydrogen-bond acceptors (Lipinski definition) is 21. The second-order valence-corrected chi connectivity index (χ2v) is 23.9. The fourth-order valence-electron chi connectivity index (χ4n) is 9.16. The minimum absolute atomic E-state index is 0.00564. The van der Waals surface area contributed by atoms with Crippen LogP contribution in [0.15, 0.2) is 160 Å². The molecule has 7 rings (SSSR count). The van der Waals surface area contributed by atoms with Crippen LogP contribution in [0.2, 0.25) is 0 Å². The highest BCUT2D eigenvalue weighted by atomic mass is 32.1. The molecule has 92 heavy (non-hydrogen) atoms. The van der Waals surface area contributed by atoms with Gasteiger partial charge in [-0.2, -0.15) is 31.6 Å². The highest BCUT2D eigenvalue weighted by molar-refractivity contribution is 7.14. The maximum Gasteiger partial charge on any atom is 0.306 e. The summed E-state index contributed by atoms with van der Waals surface area (Å²) >= 11 is 3.08. The predicted molar refractivity (Wildman–Crippen MR) is 349 cm³/mol. The van der Waals surface area contributed by atoms with Crippen molar-refractivity contribution < 1.29 is 52.3 Å². The van der Waals surface area contributed by atoms with Crippen molar-refractivity contribution in [2.24, 2.45) is 0 Å². The summed E-state index contributed by atoms with van der Waals surface area (Å²) in [5.41, 5.74) is 2.86. The van der Waals surface area contributed by atoms with E-state index in [4.69, 9.17) is 33.2 Å². The van der Waals surface area contributed by atoms with Crippen LogP contribution in [-0.2, 0) is 47.6 Å². The number of thiophene rings is 2. The van der Waals surface area contributed by atoms with Crippen molar-refractivity contribution in [1.29, 1.82) is 31.6 Å². The summed E-state index contributed by atoms with van der Waals surface area (Å²) in [4.78, 5) is 58.8. The Kier molecular flexibility index (Phi) is 24.4. The Balaban J connectivity index is 0.784. The van der Waals surface area contributed by atoms with Gasteiger partial charge in [0.2, 0.25) is 0 Å². The molecule has 2 aliphatic heterocycles. The Bertz CT molecular complexity index is 4030. The first-order valence-corrected chi connectivity index (χ1v) is 30.6. The zero-order valence-corrected chi connectivity index (χ0v) is 53.1. The van der Waals surface area contributed by atoms with Gasteiger partial charge in [0, 0.05) is 56.1 Å². The molecule has 0 aliphatic carbocycles. The number of nitrogens with zero attached hydrogens (tertiary/aromatic N) is 8. The molecule has 0 saturated carbocycles.